The second-order valence-corrected chi connectivity index (χ2v) is 6.02. The minimum absolute atomic E-state index is 0.0534. The Morgan fingerprint density at radius 3 is 2.88 bits per heavy atom. The Hall–Kier alpha value is -2.73. The predicted octanol–water partition coefficient (Wildman–Crippen LogP) is 2.51. The van der Waals surface area contributed by atoms with E-state index in [1.165, 1.54) is 6.08 Å². The van der Waals surface area contributed by atoms with E-state index in [0.717, 1.165) is 5.56 Å². The number of fused-ring (bicyclic) bond motifs is 1. The average molecular weight is 341 g/mol. The smallest absolute Gasteiger partial charge is 0.265 e. The van der Waals surface area contributed by atoms with Gasteiger partial charge in [-0.15, -0.1) is 0 Å². The van der Waals surface area contributed by atoms with E-state index in [1.54, 1.807) is 6.08 Å². The maximum Gasteiger partial charge on any atom is 0.265 e. The third kappa shape index (κ3) is 4.22. The summed E-state index contributed by atoms with van der Waals surface area (Å²) in [4.78, 5) is 23.5. The van der Waals surface area contributed by atoms with Crippen LogP contribution >= 0.6 is 0 Å². The van der Waals surface area contributed by atoms with Crippen molar-refractivity contribution in [3.63, 3.8) is 0 Å². The normalized spacial score (nSPS) is 16.8. The quantitative estimate of drug-likeness (QED) is 0.778. The number of nitrogens with zero attached hydrogens (tertiary/aromatic N) is 1. The zero-order valence-electron chi connectivity index (χ0n) is 13.7. The van der Waals surface area contributed by atoms with Crippen LogP contribution in [0.3, 0.4) is 0 Å². The van der Waals surface area contributed by atoms with Crippen LogP contribution in [0.5, 0.6) is 5.88 Å². The Morgan fingerprint density at radius 2 is 2.12 bits per heavy atom. The lowest BCUT2D eigenvalue weighted by atomic mass is 9.85. The summed E-state index contributed by atoms with van der Waals surface area (Å²) in [6, 6.07) is 9.63. The van der Waals surface area contributed by atoms with Crippen molar-refractivity contribution in [3.8, 4) is 5.88 Å². The van der Waals surface area contributed by atoms with Gasteiger partial charge in [-0.3, -0.25) is 9.59 Å². The summed E-state index contributed by atoms with van der Waals surface area (Å²) in [5, 5.41) is 12.6. The van der Waals surface area contributed by atoms with Crippen LogP contribution < -0.4 is 4.74 Å². The van der Waals surface area contributed by atoms with Gasteiger partial charge in [0.25, 0.3) is 5.88 Å². The maximum atomic E-state index is 12.4. The number of ether oxygens (including phenoxy) is 1. The van der Waals surface area contributed by atoms with E-state index in [0.29, 0.717) is 37.2 Å². The van der Waals surface area contributed by atoms with Crippen molar-refractivity contribution in [1.82, 2.24) is 5.16 Å². The van der Waals surface area contributed by atoms with Crippen molar-refractivity contribution in [1.29, 1.82) is 0 Å². The molecular formula is C19H19NO5. The van der Waals surface area contributed by atoms with Crippen molar-refractivity contribution in [3.05, 3.63) is 59.4 Å². The predicted molar refractivity (Wildman–Crippen MR) is 89.3 cm³/mol. The highest BCUT2D eigenvalue weighted by Gasteiger charge is 2.32. The molecule has 130 valence electrons. The number of aromatic nitrogens is 1. The van der Waals surface area contributed by atoms with Gasteiger partial charge in [-0.25, -0.2) is 0 Å². The molecular weight excluding hydrogens is 322 g/mol. The minimum atomic E-state index is -0.505. The standard InChI is InChI=1S/C19H19NO5/c21-11-15(22)8-4-7-14-9-16(23)18-17(10-14)25-20-19(18)24-12-13-5-2-1-3-6-13/h1-6,8,14,21H,7,9-12H2/b8-4-/t14-/m1/s1. The Morgan fingerprint density at radius 1 is 1.32 bits per heavy atom. The van der Waals surface area contributed by atoms with E-state index in [1.807, 2.05) is 30.3 Å². The topological polar surface area (TPSA) is 89.6 Å². The second kappa shape index (κ2) is 7.90. The molecule has 0 unspecified atom stereocenters. The van der Waals surface area contributed by atoms with Crippen molar-refractivity contribution < 1.29 is 24.0 Å². The molecule has 25 heavy (non-hydrogen) atoms. The first-order valence-electron chi connectivity index (χ1n) is 8.16. The van der Waals surface area contributed by atoms with Gasteiger partial charge < -0.3 is 14.4 Å². The van der Waals surface area contributed by atoms with Crippen LogP contribution in [0.25, 0.3) is 0 Å². The third-order valence-corrected chi connectivity index (χ3v) is 4.11. The van der Waals surface area contributed by atoms with Crippen LogP contribution in [0.2, 0.25) is 0 Å². The summed E-state index contributed by atoms with van der Waals surface area (Å²) in [6.45, 7) is -0.184. The SMILES string of the molecule is O=C(/C=C\C[C@@H]1CC(=O)c2c(OCc3ccccc3)noc2C1)CO. The maximum absolute atomic E-state index is 12.4. The van der Waals surface area contributed by atoms with Gasteiger partial charge in [-0.1, -0.05) is 36.4 Å². The Labute approximate surface area is 145 Å². The number of carbonyl (C=O) groups is 2. The molecule has 0 bridgehead atoms. The number of ketones is 2. The molecule has 0 fully saturated rings. The highest BCUT2D eigenvalue weighted by atomic mass is 16.5. The average Bonchev–Trinajstić information content (AvgIpc) is 3.04. The summed E-state index contributed by atoms with van der Waals surface area (Å²) in [5.74, 6) is 0.425. The van der Waals surface area contributed by atoms with Crippen LogP contribution in [-0.4, -0.2) is 28.4 Å². The van der Waals surface area contributed by atoms with Gasteiger partial charge in [-0.05, 0) is 29.1 Å². The summed E-state index contributed by atoms with van der Waals surface area (Å²) in [6.07, 6.45) is 4.52. The molecule has 1 aliphatic carbocycles. The van der Waals surface area contributed by atoms with Gasteiger partial charge in [-0.2, -0.15) is 0 Å². The highest BCUT2D eigenvalue weighted by molar-refractivity contribution is 6.00. The lowest BCUT2D eigenvalue weighted by Gasteiger charge is -2.18. The Kier molecular flexibility index (Phi) is 5.40. The van der Waals surface area contributed by atoms with E-state index in [4.69, 9.17) is 14.4 Å². The number of hydrogen-bond donors (Lipinski definition) is 1. The molecule has 1 aliphatic rings. The molecule has 2 aromatic rings. The molecule has 6 nitrogen and oxygen atoms in total. The molecule has 0 saturated carbocycles. The number of benzene rings is 1. The first kappa shape index (κ1) is 17.1. The molecule has 1 atom stereocenters. The number of aliphatic hydroxyl groups is 1. The van der Waals surface area contributed by atoms with Gasteiger partial charge in [0, 0.05) is 12.8 Å². The Bertz CT molecular complexity index is 778. The Balaban J connectivity index is 1.64. The van der Waals surface area contributed by atoms with E-state index in [9.17, 15) is 9.59 Å². The third-order valence-electron chi connectivity index (χ3n) is 4.11. The van der Waals surface area contributed by atoms with E-state index < -0.39 is 6.61 Å². The fourth-order valence-corrected chi connectivity index (χ4v) is 2.86. The summed E-state index contributed by atoms with van der Waals surface area (Å²) >= 11 is 0. The first-order valence-corrected chi connectivity index (χ1v) is 8.16. The summed E-state index contributed by atoms with van der Waals surface area (Å²) in [7, 11) is 0. The number of Topliss-reactive ketones (excluding diaryl/α,β-unsaturated/α-hetero) is 1. The number of aliphatic hydroxyl groups excluding tert-OH is 1. The van der Waals surface area contributed by atoms with E-state index >= 15 is 0 Å². The summed E-state index contributed by atoms with van der Waals surface area (Å²) in [5.41, 5.74) is 1.42. The molecule has 1 aromatic carbocycles. The fraction of sp³-hybridized carbons (Fsp3) is 0.316. The van der Waals surface area contributed by atoms with Crippen LogP contribution in [0.4, 0.5) is 0 Å². The number of allylic oxidation sites excluding steroid dienone is 1. The molecule has 0 aliphatic heterocycles. The van der Waals surface area contributed by atoms with Crippen LogP contribution in [-0.2, 0) is 17.8 Å². The first-order chi connectivity index (χ1) is 12.2. The number of carbonyl (C=O) groups excluding carboxylic acids is 2. The second-order valence-electron chi connectivity index (χ2n) is 6.02. The zero-order valence-corrected chi connectivity index (χ0v) is 13.7. The largest absolute Gasteiger partial charge is 0.470 e. The van der Waals surface area contributed by atoms with Gasteiger partial charge in [0.15, 0.2) is 17.3 Å². The molecule has 1 aromatic heterocycles. The van der Waals surface area contributed by atoms with Gasteiger partial charge in [0.05, 0.1) is 0 Å². The lowest BCUT2D eigenvalue weighted by molar-refractivity contribution is -0.117. The lowest BCUT2D eigenvalue weighted by Crippen LogP contribution is -2.19. The van der Waals surface area contributed by atoms with Crippen molar-refractivity contribution >= 4 is 11.6 Å². The fourth-order valence-electron chi connectivity index (χ4n) is 2.86. The van der Waals surface area contributed by atoms with Gasteiger partial charge in [0.2, 0.25) is 0 Å². The monoisotopic (exact) mass is 341 g/mol. The highest BCUT2D eigenvalue weighted by Crippen LogP contribution is 2.33. The molecule has 0 saturated heterocycles. The van der Waals surface area contributed by atoms with E-state index in [2.05, 4.69) is 5.16 Å². The summed E-state index contributed by atoms with van der Waals surface area (Å²) < 4.78 is 10.9. The van der Waals surface area contributed by atoms with Crippen LogP contribution in [0.1, 0.15) is 34.5 Å². The van der Waals surface area contributed by atoms with E-state index in [-0.39, 0.29) is 23.4 Å². The molecule has 0 radical (unpaired) electrons. The zero-order chi connectivity index (χ0) is 17.6. The molecule has 0 amide bonds. The minimum Gasteiger partial charge on any atom is -0.470 e. The number of rotatable bonds is 7. The van der Waals surface area contributed by atoms with Gasteiger partial charge >= 0.3 is 0 Å². The molecule has 0 spiro atoms. The molecule has 3 rings (SSSR count). The van der Waals surface area contributed by atoms with Crippen molar-refractivity contribution in [2.24, 2.45) is 5.92 Å². The van der Waals surface area contributed by atoms with Crippen molar-refractivity contribution in [2.45, 2.75) is 25.9 Å². The molecule has 1 N–H and O–H groups in total. The number of hydrogen-bond acceptors (Lipinski definition) is 6. The molecule has 6 heteroatoms. The molecule has 1 heterocycles. The van der Waals surface area contributed by atoms with Gasteiger partial charge in [0.1, 0.15) is 18.8 Å². The van der Waals surface area contributed by atoms with Crippen molar-refractivity contribution in [2.75, 3.05) is 6.61 Å². The van der Waals surface area contributed by atoms with Crippen LogP contribution in [0.15, 0.2) is 47.0 Å². The van der Waals surface area contributed by atoms with Crippen LogP contribution in [0, 0.1) is 5.92 Å².